The summed E-state index contributed by atoms with van der Waals surface area (Å²) in [4.78, 5) is 4.69. The highest BCUT2D eigenvalue weighted by Crippen LogP contribution is 2.40. The molecule has 0 bridgehead atoms. The molecule has 0 saturated carbocycles. The maximum atomic E-state index is 2.36. The first kappa shape index (κ1) is 43.7. The second-order valence-corrected chi connectivity index (χ2v) is 18.2. The third-order valence-corrected chi connectivity index (χ3v) is 13.1. The predicted octanol–water partition coefficient (Wildman–Crippen LogP) is 19.2. The number of rotatable bonds is 13. The van der Waals surface area contributed by atoms with Gasteiger partial charge in [-0.25, -0.2) is 0 Å². The Morgan fingerprint density at radius 1 is 0.191 bits per heavy atom. The number of hydrogen-bond acceptors (Lipinski definition) is 2. The molecule has 10 rings (SSSR count). The fraction of sp³-hybridized carbons (Fsp3) is 0.0909. The zero-order valence-electron chi connectivity index (χ0n) is 39.3. The van der Waals surface area contributed by atoms with Gasteiger partial charge in [-0.3, -0.25) is 0 Å². The van der Waals surface area contributed by atoms with Crippen LogP contribution in [0.5, 0.6) is 0 Å². The second-order valence-electron chi connectivity index (χ2n) is 18.2. The van der Waals surface area contributed by atoms with Crippen LogP contribution < -0.4 is 9.80 Å². The number of benzene rings is 10. The van der Waals surface area contributed by atoms with Gasteiger partial charge in [-0.05, 0) is 151 Å². The summed E-state index contributed by atoms with van der Waals surface area (Å²) in [5.74, 6) is 1.01. The number of hydrogen-bond donors (Lipinski definition) is 0. The van der Waals surface area contributed by atoms with Crippen molar-refractivity contribution in [2.75, 3.05) is 9.80 Å². The first-order valence-electron chi connectivity index (χ1n) is 23.9. The molecule has 0 unspecified atom stereocenters. The quantitative estimate of drug-likeness (QED) is 0.114. The second kappa shape index (κ2) is 19.7. The monoisotopic (exact) mass is 876 g/mol. The Kier molecular flexibility index (Phi) is 12.7. The zero-order chi connectivity index (χ0) is 46.4. The van der Waals surface area contributed by atoms with Crippen LogP contribution in [0, 0.1) is 0 Å². The van der Waals surface area contributed by atoms with Crippen molar-refractivity contribution in [3.8, 4) is 55.6 Å². The van der Waals surface area contributed by atoms with Crippen LogP contribution in [0.2, 0.25) is 0 Å². The zero-order valence-corrected chi connectivity index (χ0v) is 39.3. The average molecular weight is 877 g/mol. The molecule has 330 valence electrons. The molecule has 0 aliphatic heterocycles. The van der Waals surface area contributed by atoms with Gasteiger partial charge in [-0.1, -0.05) is 210 Å². The van der Waals surface area contributed by atoms with Crippen molar-refractivity contribution in [1.29, 1.82) is 0 Å². The van der Waals surface area contributed by atoms with Gasteiger partial charge >= 0.3 is 0 Å². The van der Waals surface area contributed by atoms with E-state index in [1.165, 1.54) is 55.6 Å². The summed E-state index contributed by atoms with van der Waals surface area (Å²) in [7, 11) is 0. The summed E-state index contributed by atoms with van der Waals surface area (Å²) in [6, 6.07) is 92.7. The van der Waals surface area contributed by atoms with Gasteiger partial charge in [0.25, 0.3) is 0 Å². The predicted molar refractivity (Wildman–Crippen MR) is 291 cm³/mol. The highest BCUT2D eigenvalue weighted by atomic mass is 15.1. The highest BCUT2D eigenvalue weighted by Gasteiger charge is 2.17. The third-order valence-electron chi connectivity index (χ3n) is 13.1. The Hall–Kier alpha value is -8.20. The van der Waals surface area contributed by atoms with Gasteiger partial charge in [0.2, 0.25) is 0 Å². The summed E-state index contributed by atoms with van der Waals surface area (Å²) in [5, 5.41) is 0. The molecule has 2 nitrogen and oxygen atoms in total. The van der Waals surface area contributed by atoms with E-state index in [4.69, 9.17) is 0 Å². The lowest BCUT2D eigenvalue weighted by molar-refractivity contribution is 0.867. The van der Waals surface area contributed by atoms with Crippen molar-refractivity contribution in [1.82, 2.24) is 0 Å². The SMILES string of the molecule is CC(C)c1ccc(-c2ccc(N(c3ccc(-c4ccc(C(C)C)cc4)cc3)c3ccc(-c4ccc(N(c5ccc(-c6ccccc6)cc5)c5ccc(-c6ccccc6)cc5)cc4)cc3)cc2)cc1. The normalized spacial score (nSPS) is 11.2. The van der Waals surface area contributed by atoms with Crippen LogP contribution in [0.3, 0.4) is 0 Å². The van der Waals surface area contributed by atoms with Gasteiger partial charge in [0.15, 0.2) is 0 Å². The standard InChI is InChI=1S/C66H56N2/c1-47(2)49-15-19-53(20-16-49)57-27-39-63(40-28-57)68(64-41-29-58(30-42-64)54-21-17-50(18-22-54)48(3)4)66-45-33-60(34-46-66)59-31-43-65(44-32-59)67(61-35-23-55(24-36-61)51-11-7-5-8-12-51)62-37-25-56(26-38-62)52-13-9-6-10-14-52/h5-48H,1-4H3. The largest absolute Gasteiger partial charge is 0.311 e. The smallest absolute Gasteiger partial charge is 0.0462 e. The van der Waals surface area contributed by atoms with E-state index in [2.05, 4.69) is 292 Å². The van der Waals surface area contributed by atoms with Gasteiger partial charge in [-0.15, -0.1) is 0 Å². The van der Waals surface area contributed by atoms with Crippen LogP contribution in [0.15, 0.2) is 255 Å². The van der Waals surface area contributed by atoms with Crippen molar-refractivity contribution < 1.29 is 0 Å². The summed E-state index contributed by atoms with van der Waals surface area (Å²) in [5.41, 5.74) is 21.3. The third kappa shape index (κ3) is 9.54. The van der Waals surface area contributed by atoms with Crippen molar-refractivity contribution in [3.05, 3.63) is 266 Å². The lowest BCUT2D eigenvalue weighted by atomic mass is 9.98. The molecule has 10 aromatic rings. The Labute approximate surface area is 403 Å². The first-order valence-corrected chi connectivity index (χ1v) is 23.9. The minimum Gasteiger partial charge on any atom is -0.311 e. The Bertz CT molecular complexity index is 3000. The van der Waals surface area contributed by atoms with E-state index in [0.717, 1.165) is 45.3 Å². The molecule has 0 heterocycles. The van der Waals surface area contributed by atoms with Crippen LogP contribution in [-0.2, 0) is 0 Å². The molecule has 0 spiro atoms. The van der Waals surface area contributed by atoms with Gasteiger partial charge in [0, 0.05) is 34.1 Å². The van der Waals surface area contributed by atoms with E-state index in [1.54, 1.807) is 0 Å². The molecule has 0 fully saturated rings. The van der Waals surface area contributed by atoms with Crippen LogP contribution in [-0.4, -0.2) is 0 Å². The lowest BCUT2D eigenvalue weighted by Crippen LogP contribution is -2.10. The Balaban J connectivity index is 0.954. The first-order chi connectivity index (χ1) is 33.3. The molecule has 0 aliphatic rings. The molecule has 0 radical (unpaired) electrons. The van der Waals surface area contributed by atoms with E-state index in [0.29, 0.717) is 11.8 Å². The molecule has 0 amide bonds. The molecule has 0 saturated heterocycles. The highest BCUT2D eigenvalue weighted by molar-refractivity contribution is 5.83. The fourth-order valence-corrected chi connectivity index (χ4v) is 9.09. The van der Waals surface area contributed by atoms with Crippen LogP contribution in [0.25, 0.3) is 55.6 Å². The van der Waals surface area contributed by atoms with E-state index in [-0.39, 0.29) is 0 Å². The molecule has 0 N–H and O–H groups in total. The van der Waals surface area contributed by atoms with E-state index < -0.39 is 0 Å². The summed E-state index contributed by atoms with van der Waals surface area (Å²) in [6.07, 6.45) is 0. The molecule has 0 aliphatic carbocycles. The van der Waals surface area contributed by atoms with E-state index >= 15 is 0 Å². The minimum atomic E-state index is 0.505. The van der Waals surface area contributed by atoms with Crippen LogP contribution >= 0.6 is 0 Å². The summed E-state index contributed by atoms with van der Waals surface area (Å²) in [6.45, 7) is 8.96. The lowest BCUT2D eigenvalue weighted by Gasteiger charge is -2.27. The van der Waals surface area contributed by atoms with Gasteiger partial charge in [0.05, 0.1) is 0 Å². The van der Waals surface area contributed by atoms with Crippen molar-refractivity contribution in [3.63, 3.8) is 0 Å². The topological polar surface area (TPSA) is 6.48 Å². The van der Waals surface area contributed by atoms with Crippen LogP contribution in [0.4, 0.5) is 34.1 Å². The maximum Gasteiger partial charge on any atom is 0.0462 e. The molecule has 0 aromatic heterocycles. The molecule has 10 aromatic carbocycles. The summed E-state index contributed by atoms with van der Waals surface area (Å²) < 4.78 is 0. The minimum absolute atomic E-state index is 0.505. The van der Waals surface area contributed by atoms with E-state index in [9.17, 15) is 0 Å². The van der Waals surface area contributed by atoms with Crippen molar-refractivity contribution >= 4 is 34.1 Å². The van der Waals surface area contributed by atoms with Crippen molar-refractivity contribution in [2.45, 2.75) is 39.5 Å². The average Bonchev–Trinajstić information content (AvgIpc) is 3.40. The molecule has 0 atom stereocenters. The fourth-order valence-electron chi connectivity index (χ4n) is 9.09. The Morgan fingerprint density at radius 2 is 0.353 bits per heavy atom. The van der Waals surface area contributed by atoms with Crippen LogP contribution in [0.1, 0.15) is 50.7 Å². The van der Waals surface area contributed by atoms with Gasteiger partial charge < -0.3 is 9.80 Å². The number of nitrogens with zero attached hydrogens (tertiary/aromatic N) is 2. The summed E-state index contributed by atoms with van der Waals surface area (Å²) >= 11 is 0. The molecule has 2 heteroatoms. The van der Waals surface area contributed by atoms with Gasteiger partial charge in [-0.2, -0.15) is 0 Å². The number of anilines is 6. The molecule has 68 heavy (non-hydrogen) atoms. The van der Waals surface area contributed by atoms with Gasteiger partial charge in [0.1, 0.15) is 0 Å². The maximum absolute atomic E-state index is 2.36. The van der Waals surface area contributed by atoms with E-state index in [1.807, 2.05) is 0 Å². The molecular formula is C66H56N2. The van der Waals surface area contributed by atoms with Crippen molar-refractivity contribution in [2.24, 2.45) is 0 Å². The molecular weight excluding hydrogens is 821 g/mol. The Morgan fingerprint density at radius 3 is 0.529 bits per heavy atom.